The fourth-order valence-corrected chi connectivity index (χ4v) is 6.42. The zero-order chi connectivity index (χ0) is 27.5. The van der Waals surface area contributed by atoms with E-state index >= 15 is 0 Å². The van der Waals surface area contributed by atoms with Crippen molar-refractivity contribution in [1.29, 1.82) is 0 Å². The molecule has 0 unspecified atom stereocenters. The summed E-state index contributed by atoms with van der Waals surface area (Å²) in [6.45, 7) is 7.19. The molecular formula is C34H41NO4. The van der Waals surface area contributed by atoms with Gasteiger partial charge in [-0.1, -0.05) is 77.1 Å². The van der Waals surface area contributed by atoms with E-state index in [1.807, 2.05) is 36.4 Å². The van der Waals surface area contributed by atoms with Crippen LogP contribution in [0.3, 0.4) is 0 Å². The van der Waals surface area contributed by atoms with Crippen molar-refractivity contribution < 1.29 is 19.1 Å². The number of amides is 2. The number of hydrogen-bond acceptors (Lipinski definition) is 4. The van der Waals surface area contributed by atoms with Crippen molar-refractivity contribution in [3.8, 4) is 0 Å². The standard InChI is InChI=1S/C34H41NO4/c1-22(2)10-8-11-23(3)12-9-17-39-34(38)28-15-6-7-16-31(28)35-32(36)29-20-26-18-24-13-4-5-14-25(24)19-27(26)21-30(29)33(35)37/h4-5,13-14,18-23,28,31H,6-12,15-17H2,1-3H3/t23-,28+,31+/m0/s1. The van der Waals surface area contributed by atoms with Crippen molar-refractivity contribution in [1.82, 2.24) is 4.90 Å². The molecule has 0 saturated heterocycles. The molecule has 1 fully saturated rings. The third kappa shape index (κ3) is 5.88. The minimum absolute atomic E-state index is 0.264. The van der Waals surface area contributed by atoms with Crippen molar-refractivity contribution >= 4 is 39.3 Å². The fraction of sp³-hybridized carbons (Fsp3) is 0.500. The molecule has 1 aliphatic heterocycles. The number of rotatable bonds is 10. The molecule has 5 nitrogen and oxygen atoms in total. The van der Waals surface area contributed by atoms with Gasteiger partial charge >= 0.3 is 5.97 Å². The number of carbonyl (C=O) groups is 3. The van der Waals surface area contributed by atoms with Crippen molar-refractivity contribution in [2.24, 2.45) is 17.8 Å². The van der Waals surface area contributed by atoms with Crippen LogP contribution in [0.4, 0.5) is 0 Å². The Morgan fingerprint density at radius 2 is 1.41 bits per heavy atom. The third-order valence-electron chi connectivity index (χ3n) is 8.67. The summed E-state index contributed by atoms with van der Waals surface area (Å²) in [6.07, 6.45) is 8.69. The van der Waals surface area contributed by atoms with Crippen LogP contribution in [0.25, 0.3) is 21.5 Å². The Bertz CT molecular complexity index is 1300. The normalized spacial score (nSPS) is 20.2. The summed E-state index contributed by atoms with van der Waals surface area (Å²) in [6, 6.07) is 15.5. The predicted molar refractivity (Wildman–Crippen MR) is 156 cm³/mol. The average molecular weight is 528 g/mol. The van der Waals surface area contributed by atoms with Crippen LogP contribution in [0.1, 0.15) is 99.3 Å². The van der Waals surface area contributed by atoms with E-state index in [9.17, 15) is 14.4 Å². The first kappa shape index (κ1) is 27.4. The third-order valence-corrected chi connectivity index (χ3v) is 8.67. The highest BCUT2D eigenvalue weighted by Gasteiger charge is 2.46. The maximum Gasteiger partial charge on any atom is 0.311 e. The Hall–Kier alpha value is -3.21. The SMILES string of the molecule is CC(C)CCC[C@H](C)CCCOC(=O)[C@@H]1CCCC[C@H]1N1C(=O)c2cc3cc4ccccc4cc3cc2C1=O. The second-order valence-corrected chi connectivity index (χ2v) is 12.1. The lowest BCUT2D eigenvalue weighted by Crippen LogP contribution is -2.48. The number of fused-ring (bicyclic) bond motifs is 3. The molecule has 5 rings (SSSR count). The number of ether oxygens (including phenoxy) is 1. The molecule has 3 aromatic carbocycles. The molecule has 2 amide bonds. The van der Waals surface area contributed by atoms with Gasteiger partial charge in [-0.3, -0.25) is 19.3 Å². The molecule has 3 atom stereocenters. The van der Waals surface area contributed by atoms with Crippen LogP contribution in [0.15, 0.2) is 48.5 Å². The zero-order valence-corrected chi connectivity index (χ0v) is 23.6. The summed E-state index contributed by atoms with van der Waals surface area (Å²) in [5, 5.41) is 4.07. The Kier molecular flexibility index (Phi) is 8.34. The number of esters is 1. The van der Waals surface area contributed by atoms with Crippen LogP contribution in [-0.4, -0.2) is 35.3 Å². The topological polar surface area (TPSA) is 63.7 Å². The fourth-order valence-electron chi connectivity index (χ4n) is 6.42. The van der Waals surface area contributed by atoms with E-state index in [4.69, 9.17) is 4.74 Å². The summed E-state index contributed by atoms with van der Waals surface area (Å²) in [5.41, 5.74) is 0.874. The number of hydrogen-bond donors (Lipinski definition) is 0. The van der Waals surface area contributed by atoms with Gasteiger partial charge in [-0.15, -0.1) is 0 Å². The van der Waals surface area contributed by atoms with Crippen LogP contribution < -0.4 is 0 Å². The summed E-state index contributed by atoms with van der Waals surface area (Å²) in [7, 11) is 0. The second kappa shape index (κ2) is 11.9. The summed E-state index contributed by atoms with van der Waals surface area (Å²) in [5.74, 6) is 0.0656. The average Bonchev–Trinajstić information content (AvgIpc) is 3.16. The van der Waals surface area contributed by atoms with Crippen LogP contribution in [0.2, 0.25) is 0 Å². The van der Waals surface area contributed by atoms with Crippen molar-refractivity contribution in [2.45, 2.75) is 84.6 Å². The van der Waals surface area contributed by atoms with Crippen LogP contribution in [0, 0.1) is 17.8 Å². The Balaban J connectivity index is 1.26. The molecule has 39 heavy (non-hydrogen) atoms. The number of imide groups is 1. The first-order valence-corrected chi connectivity index (χ1v) is 14.8. The molecule has 1 heterocycles. The van der Waals surface area contributed by atoms with Gasteiger partial charge in [0, 0.05) is 0 Å². The van der Waals surface area contributed by atoms with E-state index in [1.165, 1.54) is 24.2 Å². The van der Waals surface area contributed by atoms with Gasteiger partial charge < -0.3 is 4.74 Å². The lowest BCUT2D eigenvalue weighted by Gasteiger charge is -2.35. The van der Waals surface area contributed by atoms with Gasteiger partial charge in [-0.2, -0.15) is 0 Å². The summed E-state index contributed by atoms with van der Waals surface area (Å²) in [4.78, 5) is 41.8. The Morgan fingerprint density at radius 1 is 0.821 bits per heavy atom. The molecule has 1 saturated carbocycles. The van der Waals surface area contributed by atoms with E-state index in [0.29, 0.717) is 36.5 Å². The molecule has 0 N–H and O–H groups in total. The van der Waals surface area contributed by atoms with Crippen LogP contribution in [0.5, 0.6) is 0 Å². The molecule has 0 bridgehead atoms. The van der Waals surface area contributed by atoms with Gasteiger partial charge in [0.1, 0.15) is 0 Å². The van der Waals surface area contributed by atoms with Crippen LogP contribution in [-0.2, 0) is 9.53 Å². The van der Waals surface area contributed by atoms with Crippen molar-refractivity contribution in [3.05, 3.63) is 59.7 Å². The number of carbonyl (C=O) groups excluding carboxylic acids is 3. The second-order valence-electron chi connectivity index (χ2n) is 12.1. The highest BCUT2D eigenvalue weighted by atomic mass is 16.5. The maximum absolute atomic E-state index is 13.6. The van der Waals surface area contributed by atoms with Gasteiger partial charge in [0.15, 0.2) is 0 Å². The van der Waals surface area contributed by atoms with Gasteiger partial charge in [0.25, 0.3) is 11.8 Å². The lowest BCUT2D eigenvalue weighted by molar-refractivity contribution is -0.151. The number of benzene rings is 3. The zero-order valence-electron chi connectivity index (χ0n) is 23.6. The summed E-state index contributed by atoms with van der Waals surface area (Å²) < 4.78 is 5.73. The first-order valence-electron chi connectivity index (χ1n) is 14.8. The summed E-state index contributed by atoms with van der Waals surface area (Å²) >= 11 is 0. The largest absolute Gasteiger partial charge is 0.465 e. The Morgan fingerprint density at radius 3 is 2.03 bits per heavy atom. The van der Waals surface area contributed by atoms with Gasteiger partial charge in [0.2, 0.25) is 0 Å². The van der Waals surface area contributed by atoms with Crippen molar-refractivity contribution in [3.63, 3.8) is 0 Å². The molecule has 2 aliphatic rings. The van der Waals surface area contributed by atoms with E-state index < -0.39 is 12.0 Å². The number of nitrogens with zero attached hydrogens (tertiary/aromatic N) is 1. The smallest absolute Gasteiger partial charge is 0.311 e. The molecule has 3 aromatic rings. The van der Waals surface area contributed by atoms with E-state index in [1.54, 1.807) is 0 Å². The molecular weight excluding hydrogens is 486 g/mol. The molecule has 206 valence electrons. The minimum Gasteiger partial charge on any atom is -0.465 e. The highest BCUT2D eigenvalue weighted by molar-refractivity contribution is 6.23. The van der Waals surface area contributed by atoms with Gasteiger partial charge in [0.05, 0.1) is 29.7 Å². The van der Waals surface area contributed by atoms with E-state index in [0.717, 1.165) is 53.1 Å². The van der Waals surface area contributed by atoms with E-state index in [2.05, 4.69) is 32.9 Å². The van der Waals surface area contributed by atoms with Gasteiger partial charge in [-0.05, 0) is 83.3 Å². The molecule has 1 aliphatic carbocycles. The molecule has 0 spiro atoms. The monoisotopic (exact) mass is 527 g/mol. The molecule has 0 radical (unpaired) electrons. The quantitative estimate of drug-likeness (QED) is 0.116. The maximum atomic E-state index is 13.6. The first-order chi connectivity index (χ1) is 18.8. The van der Waals surface area contributed by atoms with E-state index in [-0.39, 0.29) is 17.8 Å². The predicted octanol–water partition coefficient (Wildman–Crippen LogP) is 7.93. The Labute approximate surface area is 231 Å². The molecule has 5 heteroatoms. The van der Waals surface area contributed by atoms with Crippen molar-refractivity contribution in [2.75, 3.05) is 6.61 Å². The molecule has 0 aromatic heterocycles. The van der Waals surface area contributed by atoms with Crippen LogP contribution >= 0.6 is 0 Å². The highest BCUT2D eigenvalue weighted by Crippen LogP contribution is 2.37. The minimum atomic E-state index is -0.457. The van der Waals surface area contributed by atoms with Gasteiger partial charge in [-0.25, -0.2) is 0 Å². The lowest BCUT2D eigenvalue weighted by atomic mass is 9.83.